The molecule has 6 N–H and O–H groups in total. The number of methoxy groups -OCH3 is 2. The van der Waals surface area contributed by atoms with Crippen LogP contribution in [0.4, 0.5) is 45.8 Å². The van der Waals surface area contributed by atoms with E-state index in [1.165, 1.54) is 14.2 Å². The molecule has 120 heavy (non-hydrogen) atoms. The number of carbonyl (C=O) groups excluding carboxylic acids is 7. The van der Waals surface area contributed by atoms with Gasteiger partial charge in [-0.25, -0.2) is 9.97 Å². The van der Waals surface area contributed by atoms with Crippen molar-refractivity contribution < 1.29 is 62.4 Å². The van der Waals surface area contributed by atoms with Gasteiger partial charge >= 0.3 is 5.97 Å². The van der Waals surface area contributed by atoms with Crippen LogP contribution in [0.5, 0.6) is 23.0 Å². The second-order valence-electron chi connectivity index (χ2n) is 30.5. The fourth-order valence-electron chi connectivity index (χ4n) is 14.0. The third kappa shape index (κ3) is 20.6. The molecule has 4 atom stereocenters. The summed E-state index contributed by atoms with van der Waals surface area (Å²) < 4.78 is 29.3. The van der Waals surface area contributed by atoms with Crippen LogP contribution in [0.1, 0.15) is 161 Å². The van der Waals surface area contributed by atoms with Crippen LogP contribution in [-0.2, 0) is 91.9 Å². The predicted molar refractivity (Wildman–Crippen MR) is 481 cm³/mol. The number of anilines is 6. The van der Waals surface area contributed by atoms with Gasteiger partial charge in [-0.1, -0.05) is 118 Å². The van der Waals surface area contributed by atoms with Crippen molar-refractivity contribution in [3.05, 3.63) is 204 Å². The fraction of sp³-hybridized carbons (Fsp3) is 0.326. The maximum absolute atomic E-state index is 13.7. The number of nitrogen functional groups attached to an aromatic ring is 1. The Hall–Kier alpha value is -12.1. The number of aliphatic carboxylic acids is 1. The Labute approximate surface area is 712 Å². The standard InChI is InChI=1S/C44H47N7O6S2.C23H29N5O2S2.C21H20N2O5.CH4/c1-44(2,59(6)58)18-17-36(52)41-47-39(26-50(41)4)48-42(54)35-21-29(25-49(35)3)27-13-15-30(16-14-27)46-40(53)12-9-19-57-38-23-33-32(22-37(38)56-5)43(55)51-31(24-45-33)20-28-10-7-8-11-34(28)51;1-23(2,32(5)31)11-10-19(29)21-25-20(14-28(21)4)26-22(30)18-12-16(13-27(18)3)15-6-8-17(24)9-7-15;1-27-18-10-15-16(11-19(18)28-8-4-7-20(24)25)22-12-14-9-13-5-2-3-6-17(13)23(14)21(15)26;/h7-8,10-11,13-16,21-26,31H,9,12,17-20H2,1-6H3,(H,46,53)(H,48,54);6-9,12-14H,10-11,24H2,1-5H3,(H,26,30);2-3,5-6,10-12,14H,4,7-9H2,1H3,(H,24,25);1H4/t31-,59?;;14-;/m0.0./s1. The van der Waals surface area contributed by atoms with Gasteiger partial charge in [0.15, 0.2) is 57.8 Å². The maximum Gasteiger partial charge on any atom is 0.303 e. The molecule has 27 nitrogen and oxygen atoms in total. The molecule has 0 bridgehead atoms. The first-order valence-corrected chi connectivity index (χ1v) is 43.7. The van der Waals surface area contributed by atoms with Crippen LogP contribution in [0.2, 0.25) is 0 Å². The second kappa shape index (κ2) is 38.3. The SMILES string of the molecule is C.COc1cc2c(cc1OCCCC(=O)Nc1ccc(-c3cc(C(=O)Nc4cn(C)c(C(=O)CCC(C)(C)S(C)=S)n4)n(C)c3)cc1)N=C[C@@H]1Cc3ccccc3N1C2=O.COc1cc2c(cc1OCCCC(=O)O)N=C[C@@H]1Cc3ccccc3N1C2=O.Cn1cc(-c2ccc(N)cc2)cc1C(=O)Nc1cn(C)c(C(=O)CCC(C)(C)S(C)=S)n1. The van der Waals surface area contributed by atoms with Crippen LogP contribution in [0.25, 0.3) is 22.3 Å². The Bertz CT molecular complexity index is 5680. The lowest BCUT2D eigenvalue weighted by molar-refractivity contribution is -0.137. The van der Waals surface area contributed by atoms with Crippen molar-refractivity contribution in [2.45, 2.75) is 121 Å². The van der Waals surface area contributed by atoms with Crippen LogP contribution in [-0.4, -0.2) is 154 Å². The van der Waals surface area contributed by atoms with Gasteiger partial charge in [0, 0.05) is 159 Å². The van der Waals surface area contributed by atoms with Gasteiger partial charge in [0.1, 0.15) is 11.4 Å². The summed E-state index contributed by atoms with van der Waals surface area (Å²) >= 11 is 10.8. The number of benzene rings is 6. The number of nitrogens with two attached hydrogens (primary N) is 1. The van der Waals surface area contributed by atoms with Crippen molar-refractivity contribution in [2.24, 2.45) is 38.2 Å². The van der Waals surface area contributed by atoms with Crippen molar-refractivity contribution in [1.82, 2.24) is 28.2 Å². The topological polar surface area (TPSA) is 333 Å². The first-order valence-electron chi connectivity index (χ1n) is 38.6. The van der Waals surface area contributed by atoms with E-state index in [-0.39, 0.29) is 121 Å². The Morgan fingerprint density at radius 3 is 1.34 bits per heavy atom. The zero-order valence-electron chi connectivity index (χ0n) is 68.3. The van der Waals surface area contributed by atoms with Crippen LogP contribution < -0.4 is 50.4 Å². The first kappa shape index (κ1) is 88.7. The molecule has 0 fully saturated rings. The van der Waals surface area contributed by atoms with E-state index in [1.807, 2.05) is 141 Å². The molecule has 6 aromatic carbocycles. The molecule has 5 amide bonds. The van der Waals surface area contributed by atoms with Gasteiger partial charge < -0.3 is 64.0 Å². The number of fused-ring (bicyclic) bond motifs is 8. The Balaban J connectivity index is 0.000000194. The van der Waals surface area contributed by atoms with Gasteiger partial charge in [0.05, 0.1) is 62.0 Å². The Morgan fingerprint density at radius 2 is 0.933 bits per heavy atom. The minimum absolute atomic E-state index is 0. The molecule has 628 valence electrons. The van der Waals surface area contributed by atoms with Gasteiger partial charge in [0.25, 0.3) is 23.6 Å². The Morgan fingerprint density at radius 1 is 0.525 bits per heavy atom. The van der Waals surface area contributed by atoms with Gasteiger partial charge in [-0.3, -0.25) is 58.1 Å². The minimum Gasteiger partial charge on any atom is -0.493 e. The first-order chi connectivity index (χ1) is 56.8. The number of ether oxygens (including phenoxy) is 4. The van der Waals surface area contributed by atoms with Gasteiger partial charge in [-0.15, -0.1) is 18.9 Å². The predicted octanol–water partition coefficient (Wildman–Crippen LogP) is 14.8. The summed E-state index contributed by atoms with van der Waals surface area (Å²) in [7, 11) is 9.66. The second-order valence-corrected chi connectivity index (χ2v) is 37.6. The third-order valence-electron chi connectivity index (χ3n) is 21.3. The summed E-state index contributed by atoms with van der Waals surface area (Å²) in [6, 6.07) is 40.6. The lowest BCUT2D eigenvalue weighted by Gasteiger charge is -2.23. The number of aliphatic imine (C=N–C) groups is 2. The number of nitrogens with one attached hydrogen (secondary N) is 3. The van der Waals surface area contributed by atoms with Crippen molar-refractivity contribution in [3.8, 4) is 45.3 Å². The zero-order chi connectivity index (χ0) is 85.3. The number of hydrogen-bond acceptors (Lipinski definition) is 19. The summed E-state index contributed by atoms with van der Waals surface area (Å²) in [6.45, 7) is 8.79. The number of nitrogens with zero attached hydrogens (tertiary/aromatic N) is 10. The fourth-order valence-corrected chi connectivity index (χ4v) is 15.3. The van der Waals surface area contributed by atoms with E-state index in [0.717, 1.165) is 51.2 Å². The van der Waals surface area contributed by atoms with Crippen LogP contribution in [0, 0.1) is 0 Å². The lowest BCUT2D eigenvalue weighted by Crippen LogP contribution is -2.37. The number of hydrogen-bond donors (Lipinski definition) is 5. The summed E-state index contributed by atoms with van der Waals surface area (Å²) in [5, 5.41) is 17.3. The van der Waals surface area contributed by atoms with E-state index in [1.54, 1.807) is 98.2 Å². The smallest absolute Gasteiger partial charge is 0.303 e. The van der Waals surface area contributed by atoms with E-state index in [0.29, 0.717) is 131 Å². The van der Waals surface area contributed by atoms with Crippen LogP contribution in [0.15, 0.2) is 168 Å². The molecule has 0 saturated heterocycles. The van der Waals surface area contributed by atoms with Gasteiger partial charge in [-0.05, 0) is 121 Å². The largest absolute Gasteiger partial charge is 0.493 e. The van der Waals surface area contributed by atoms with Gasteiger partial charge in [0.2, 0.25) is 5.91 Å². The summed E-state index contributed by atoms with van der Waals surface area (Å²) in [5.74, 6) is 0.850. The molecule has 10 aromatic rings. The molecular formula is C89H100N14O13S4. The number of aryl methyl sites for hydroxylation is 4. The molecule has 4 aliphatic heterocycles. The number of rotatable bonds is 29. The number of carbonyl (C=O) groups is 8. The lowest BCUT2D eigenvalue weighted by atomic mass is 10.0. The van der Waals surface area contributed by atoms with Crippen molar-refractivity contribution >= 4 is 147 Å². The molecule has 0 saturated carbocycles. The van der Waals surface area contributed by atoms with E-state index in [4.69, 9.17) is 52.2 Å². The molecule has 8 heterocycles. The molecule has 0 aliphatic carbocycles. The summed E-state index contributed by atoms with van der Waals surface area (Å²) in [4.78, 5) is 124. The molecule has 0 radical (unpaired) electrons. The Kier molecular flexibility index (Phi) is 28.4. The molecule has 14 rings (SSSR count). The monoisotopic (exact) mass is 1700 g/mol. The highest BCUT2D eigenvalue weighted by Crippen LogP contribution is 2.44. The average molecular weight is 1700 g/mol. The molecule has 31 heteroatoms. The highest BCUT2D eigenvalue weighted by atomic mass is 32.8. The minimum atomic E-state index is -0.867. The molecule has 4 aromatic heterocycles. The maximum atomic E-state index is 13.7. The number of Topliss-reactive ketones (excluding diaryl/α,β-unsaturated/α-hetero) is 2. The van der Waals surface area contributed by atoms with E-state index in [9.17, 15) is 38.4 Å². The summed E-state index contributed by atoms with van der Waals surface area (Å²) in [5.41, 5.74) is 17.5. The molecule has 2 unspecified atom stereocenters. The van der Waals surface area contributed by atoms with E-state index in [2.05, 4.69) is 63.6 Å². The number of ketones is 2. The zero-order valence-corrected chi connectivity index (χ0v) is 71.6. The third-order valence-corrected chi connectivity index (χ3v) is 27.5. The highest BCUT2D eigenvalue weighted by Gasteiger charge is 2.39. The number of imidazole rings is 2. The molecule has 0 spiro atoms. The molecule has 4 aliphatic rings. The van der Waals surface area contributed by atoms with Crippen molar-refractivity contribution in [3.63, 3.8) is 0 Å². The van der Waals surface area contributed by atoms with Crippen molar-refractivity contribution in [1.29, 1.82) is 0 Å². The van der Waals surface area contributed by atoms with E-state index >= 15 is 0 Å². The van der Waals surface area contributed by atoms with E-state index < -0.39 is 5.97 Å². The number of aromatic nitrogens is 6. The number of amides is 5. The summed E-state index contributed by atoms with van der Waals surface area (Å²) in [6.07, 6.45) is 19.2. The van der Waals surface area contributed by atoms with Crippen LogP contribution in [0.3, 0.4) is 0 Å². The van der Waals surface area contributed by atoms with Gasteiger partial charge in [-0.2, -0.15) is 0 Å². The molecular weight excluding hydrogens is 1600 g/mol. The number of carboxylic acids is 1. The average Bonchev–Trinajstić information content (AvgIpc) is 1.64. The highest BCUT2D eigenvalue weighted by molar-refractivity contribution is 8.29. The van der Waals surface area contributed by atoms with Crippen LogP contribution >= 0.6 is 0 Å². The normalized spacial score (nSPS) is 14.6. The quantitative estimate of drug-likeness (QED) is 0.0165. The number of carboxylic acid groups (broad SMARTS) is 1. The van der Waals surface area contributed by atoms with Crippen molar-refractivity contribution in [2.75, 3.05) is 71.4 Å². The number of para-hydroxylation sites is 2.